The molecule has 1 aliphatic carbocycles. The summed E-state index contributed by atoms with van der Waals surface area (Å²) in [5.41, 5.74) is 0.807. The zero-order chi connectivity index (χ0) is 29.7. The maximum Gasteiger partial charge on any atom is 0.291 e. The molecular weight excluding hydrogens is 574 g/mol. The molecule has 41 heavy (non-hydrogen) atoms. The zero-order valence-corrected chi connectivity index (χ0v) is 25.3. The van der Waals surface area contributed by atoms with Gasteiger partial charge in [0.1, 0.15) is 11.5 Å². The minimum Gasteiger partial charge on any atom is -0.366 e. The third-order valence-electron chi connectivity index (χ3n) is 7.20. The van der Waals surface area contributed by atoms with E-state index >= 15 is 0 Å². The van der Waals surface area contributed by atoms with E-state index in [9.17, 15) is 22.0 Å². The number of nitrogens with one attached hydrogen (secondary N) is 1. The van der Waals surface area contributed by atoms with Crippen LogP contribution in [0.5, 0.6) is 0 Å². The highest BCUT2D eigenvalue weighted by Gasteiger charge is 2.41. The molecule has 1 saturated heterocycles. The smallest absolute Gasteiger partial charge is 0.291 e. The van der Waals surface area contributed by atoms with Gasteiger partial charge in [-0.15, -0.1) is 10.2 Å². The second-order valence-corrected chi connectivity index (χ2v) is 14.1. The van der Waals surface area contributed by atoms with Crippen molar-refractivity contribution in [3.8, 4) is 10.7 Å². The minimum atomic E-state index is -3.94. The van der Waals surface area contributed by atoms with Crippen LogP contribution < -0.4 is 9.62 Å². The van der Waals surface area contributed by atoms with E-state index in [0.717, 1.165) is 24.2 Å². The Hall–Kier alpha value is -2.88. The summed E-state index contributed by atoms with van der Waals surface area (Å²) in [6.07, 6.45) is -1.32. The molecule has 2 aliphatic rings. The lowest BCUT2D eigenvalue weighted by Gasteiger charge is -2.37. The van der Waals surface area contributed by atoms with Crippen molar-refractivity contribution < 1.29 is 22.0 Å². The van der Waals surface area contributed by atoms with Crippen LogP contribution in [0.1, 0.15) is 50.9 Å². The van der Waals surface area contributed by atoms with E-state index in [-0.39, 0.29) is 27.4 Å². The van der Waals surface area contributed by atoms with Crippen molar-refractivity contribution in [2.75, 3.05) is 45.2 Å². The lowest BCUT2D eigenvalue weighted by molar-refractivity contribution is -0.134. The summed E-state index contributed by atoms with van der Waals surface area (Å²) in [5, 5.41) is 7.72. The number of rotatable bonds is 9. The first kappa shape index (κ1) is 29.6. The van der Waals surface area contributed by atoms with Crippen LogP contribution >= 0.6 is 11.3 Å². The molecular formula is C26H34F2N8O3S2. The number of anilines is 1. The number of nitrogens with zero attached hydrogens (tertiary/aromatic N) is 7. The van der Waals surface area contributed by atoms with Gasteiger partial charge in [0.25, 0.3) is 6.43 Å². The number of halogens is 2. The van der Waals surface area contributed by atoms with Gasteiger partial charge >= 0.3 is 0 Å². The standard InChI is InChI=1S/C26H34F2N8O3S2/c1-15(2)25(37)36-10-8-35(9-11-36)18-13-16(41(38,39)33-26(3)6-7-26)12-17-20(18)29-19(14-34(4)5)30-21(17)23-31-32-24(40-23)22(27)28/h12-13,15,22,33H,6-11,14H2,1-5H3. The average Bonchev–Trinajstić information content (AvgIpc) is 3.41. The van der Waals surface area contributed by atoms with Crippen molar-refractivity contribution in [3.63, 3.8) is 0 Å². The Balaban J connectivity index is 1.68. The summed E-state index contributed by atoms with van der Waals surface area (Å²) in [6.45, 7) is 7.83. The van der Waals surface area contributed by atoms with Crippen LogP contribution in [-0.2, 0) is 21.4 Å². The molecule has 222 valence electrons. The lowest BCUT2D eigenvalue weighted by Crippen LogP contribution is -2.50. The third-order valence-corrected chi connectivity index (χ3v) is 9.76. The first-order valence-corrected chi connectivity index (χ1v) is 15.8. The van der Waals surface area contributed by atoms with Gasteiger partial charge in [-0.3, -0.25) is 4.79 Å². The summed E-state index contributed by atoms with van der Waals surface area (Å²) in [6, 6.07) is 3.10. The van der Waals surface area contributed by atoms with E-state index < -0.39 is 27.0 Å². The highest BCUT2D eigenvalue weighted by atomic mass is 32.2. The molecule has 1 amide bonds. The van der Waals surface area contributed by atoms with Crippen LogP contribution in [0, 0.1) is 5.92 Å². The molecule has 2 fully saturated rings. The van der Waals surface area contributed by atoms with Crippen LogP contribution in [0.3, 0.4) is 0 Å². The first-order chi connectivity index (χ1) is 19.3. The van der Waals surface area contributed by atoms with Gasteiger partial charge in [-0.25, -0.2) is 31.9 Å². The van der Waals surface area contributed by atoms with Crippen LogP contribution in [0.4, 0.5) is 14.5 Å². The number of piperazine rings is 1. The largest absolute Gasteiger partial charge is 0.366 e. The summed E-state index contributed by atoms with van der Waals surface area (Å²) in [7, 11) is -0.218. The molecule has 0 radical (unpaired) electrons. The molecule has 1 N–H and O–H groups in total. The molecule has 0 atom stereocenters. The van der Waals surface area contributed by atoms with Gasteiger partial charge in [-0.2, -0.15) is 0 Å². The Morgan fingerprint density at radius 2 is 1.80 bits per heavy atom. The number of hydrogen-bond acceptors (Lipinski definition) is 10. The normalized spacial score (nSPS) is 17.3. The average molecular weight is 609 g/mol. The number of hydrogen-bond donors (Lipinski definition) is 1. The second-order valence-electron chi connectivity index (χ2n) is 11.4. The molecule has 2 aromatic heterocycles. The van der Waals surface area contributed by atoms with Crippen molar-refractivity contribution in [3.05, 3.63) is 23.0 Å². The second kappa shape index (κ2) is 11.1. The van der Waals surface area contributed by atoms with Crippen molar-refractivity contribution in [1.29, 1.82) is 0 Å². The fraction of sp³-hybridized carbons (Fsp3) is 0.577. The van der Waals surface area contributed by atoms with Crippen molar-refractivity contribution in [1.82, 2.24) is 34.7 Å². The zero-order valence-electron chi connectivity index (χ0n) is 23.7. The predicted molar refractivity (Wildman–Crippen MR) is 152 cm³/mol. The minimum absolute atomic E-state index is 0.0256. The first-order valence-electron chi connectivity index (χ1n) is 13.5. The predicted octanol–water partition coefficient (Wildman–Crippen LogP) is 3.28. The van der Waals surface area contributed by atoms with Gasteiger partial charge in [0.2, 0.25) is 15.9 Å². The molecule has 11 nitrogen and oxygen atoms in total. The maximum absolute atomic E-state index is 13.6. The molecule has 0 bridgehead atoms. The SMILES string of the molecule is CC(C)C(=O)N1CCN(c2cc(S(=O)(=O)NC3(C)CC3)cc3c(-c4nnc(C(F)F)s4)nc(CN(C)C)nc23)CC1. The van der Waals surface area contributed by atoms with Crippen LogP contribution in [0.15, 0.2) is 17.0 Å². The van der Waals surface area contributed by atoms with Crippen molar-refractivity contribution in [2.24, 2.45) is 5.92 Å². The molecule has 1 aromatic carbocycles. The Labute approximate surface area is 242 Å². The highest BCUT2D eigenvalue weighted by Crippen LogP contribution is 2.40. The van der Waals surface area contributed by atoms with E-state index in [4.69, 9.17) is 4.98 Å². The number of benzene rings is 1. The molecule has 15 heteroatoms. The number of amides is 1. The quantitative estimate of drug-likeness (QED) is 0.390. The van der Waals surface area contributed by atoms with E-state index in [1.54, 1.807) is 6.07 Å². The van der Waals surface area contributed by atoms with Gasteiger partial charge in [-0.05, 0) is 46.0 Å². The summed E-state index contributed by atoms with van der Waals surface area (Å²) in [5.74, 6) is 0.372. The number of carbonyl (C=O) groups is 1. The number of sulfonamides is 1. The van der Waals surface area contributed by atoms with E-state index in [1.165, 1.54) is 6.07 Å². The fourth-order valence-corrected chi connectivity index (χ4v) is 6.99. The topological polar surface area (TPSA) is 125 Å². The van der Waals surface area contributed by atoms with Gasteiger partial charge in [0.05, 0.1) is 22.6 Å². The molecule has 0 unspecified atom stereocenters. The third kappa shape index (κ3) is 6.32. The number of alkyl halides is 2. The Morgan fingerprint density at radius 1 is 1.12 bits per heavy atom. The highest BCUT2D eigenvalue weighted by molar-refractivity contribution is 7.89. The molecule has 5 rings (SSSR count). The number of aromatic nitrogens is 4. The lowest BCUT2D eigenvalue weighted by atomic mass is 10.1. The van der Waals surface area contributed by atoms with Crippen LogP contribution in [-0.4, -0.2) is 90.1 Å². The molecule has 3 aromatic rings. The molecule has 1 saturated carbocycles. The maximum atomic E-state index is 13.6. The van der Waals surface area contributed by atoms with E-state index in [1.807, 2.05) is 49.6 Å². The molecule has 3 heterocycles. The summed E-state index contributed by atoms with van der Waals surface area (Å²) >= 11 is 0.719. The van der Waals surface area contributed by atoms with Gasteiger partial charge in [0.15, 0.2) is 10.0 Å². The van der Waals surface area contributed by atoms with Crippen LogP contribution in [0.25, 0.3) is 21.6 Å². The molecule has 0 spiro atoms. The monoisotopic (exact) mass is 608 g/mol. The van der Waals surface area contributed by atoms with E-state index in [2.05, 4.69) is 19.9 Å². The van der Waals surface area contributed by atoms with Crippen molar-refractivity contribution >= 4 is 43.9 Å². The van der Waals surface area contributed by atoms with E-state index in [0.29, 0.717) is 55.1 Å². The Morgan fingerprint density at radius 3 is 2.37 bits per heavy atom. The molecule has 1 aliphatic heterocycles. The van der Waals surface area contributed by atoms with Gasteiger partial charge in [-0.1, -0.05) is 25.2 Å². The summed E-state index contributed by atoms with van der Waals surface area (Å²) in [4.78, 5) is 27.8. The summed E-state index contributed by atoms with van der Waals surface area (Å²) < 4.78 is 56.8. The van der Waals surface area contributed by atoms with Crippen molar-refractivity contribution in [2.45, 2.75) is 57.0 Å². The van der Waals surface area contributed by atoms with Gasteiger partial charge < -0.3 is 14.7 Å². The van der Waals surface area contributed by atoms with Crippen LogP contribution in [0.2, 0.25) is 0 Å². The van der Waals surface area contributed by atoms with Gasteiger partial charge in [0, 0.05) is 43.0 Å². The Kier molecular flexibility index (Phi) is 8.00. The number of carbonyl (C=O) groups excluding carboxylic acids is 1. The Bertz CT molecular complexity index is 1570. The fourth-order valence-electron chi connectivity index (χ4n) is 4.77. The number of fused-ring (bicyclic) bond motifs is 1.